The molecule has 7 heterocycles. The topological polar surface area (TPSA) is 211 Å². The summed E-state index contributed by atoms with van der Waals surface area (Å²) in [6.45, 7) is 13.8. The van der Waals surface area contributed by atoms with Crippen LogP contribution in [0.3, 0.4) is 0 Å². The van der Waals surface area contributed by atoms with Gasteiger partial charge in [0.05, 0.1) is 41.3 Å². The van der Waals surface area contributed by atoms with Crippen molar-refractivity contribution in [3.05, 3.63) is 132 Å². The first-order chi connectivity index (χ1) is 38.9. The molecule has 5 aliphatic heterocycles. The van der Waals surface area contributed by atoms with Crippen molar-refractivity contribution in [1.29, 1.82) is 0 Å². The number of aromatic nitrogens is 4. The third kappa shape index (κ3) is 10.7. The van der Waals surface area contributed by atoms with E-state index in [2.05, 4.69) is 62.2 Å². The fourth-order valence-corrected chi connectivity index (χ4v) is 11.6. The maximum Gasteiger partial charge on any atom is 0.262 e. The molecule has 5 fully saturated rings. The Hall–Kier alpha value is -8.56. The highest BCUT2D eigenvalue weighted by Gasteiger charge is 2.56. The average molecular weight is 1080 g/mol. The van der Waals surface area contributed by atoms with E-state index < -0.39 is 40.9 Å². The van der Waals surface area contributed by atoms with Crippen molar-refractivity contribution in [3.63, 3.8) is 0 Å². The van der Waals surface area contributed by atoms with Gasteiger partial charge in [0, 0.05) is 113 Å². The Labute approximate surface area is 461 Å². The van der Waals surface area contributed by atoms with Gasteiger partial charge in [-0.05, 0) is 129 Å². The van der Waals surface area contributed by atoms with Crippen LogP contribution in [0.2, 0.25) is 0 Å². The summed E-state index contributed by atoms with van der Waals surface area (Å²) in [6.07, 6.45) is 7.40. The third-order valence-electron chi connectivity index (χ3n) is 16.4. The van der Waals surface area contributed by atoms with Crippen molar-refractivity contribution in [2.45, 2.75) is 51.1 Å². The highest BCUT2D eigenvalue weighted by Crippen LogP contribution is 2.48. The third-order valence-corrected chi connectivity index (χ3v) is 16.4. The molecule has 0 bridgehead atoms. The van der Waals surface area contributed by atoms with Crippen molar-refractivity contribution in [3.8, 4) is 17.2 Å². The van der Waals surface area contributed by atoms with E-state index in [0.717, 1.165) is 118 Å². The number of hydrogen-bond donors (Lipinski definition) is 3. The monoisotopic (exact) mass is 1080 g/mol. The molecule has 6 aliphatic rings. The van der Waals surface area contributed by atoms with Gasteiger partial charge in [-0.25, -0.2) is 9.37 Å². The smallest absolute Gasteiger partial charge is 0.262 e. The number of carbonyl (C=O) groups is 5. The molecule has 80 heavy (non-hydrogen) atoms. The second-order valence-electron chi connectivity index (χ2n) is 21.6. The first kappa shape index (κ1) is 52.2. The first-order valence-electron chi connectivity index (χ1n) is 27.4. The SMILES string of the molecule is C=C1CCC(N2C(=O)c3ccc(N4CCN(CC5CCN(c6ncc(CN7CCN(c8cc9nccc(Oc%10ccc(NC(=O)C%11(C(=O)Nc%12ccc(F)cc%12)CC%11)cc%10)c9cc8OC)CC7)nn6)CC5)CC4)cc3C2=O)C(=O)N1. The van der Waals surface area contributed by atoms with Gasteiger partial charge >= 0.3 is 0 Å². The number of methoxy groups -OCH3 is 1. The second kappa shape index (κ2) is 21.9. The summed E-state index contributed by atoms with van der Waals surface area (Å²) in [7, 11) is 1.66. The summed E-state index contributed by atoms with van der Waals surface area (Å²) in [5.74, 6) is 0.650. The van der Waals surface area contributed by atoms with E-state index in [4.69, 9.17) is 14.5 Å². The van der Waals surface area contributed by atoms with Crippen LogP contribution in [0.15, 0.2) is 110 Å². The number of nitrogens with zero attached hydrogens (tertiary/aromatic N) is 10. The Morgan fingerprint density at radius 3 is 2.06 bits per heavy atom. The predicted octanol–water partition coefficient (Wildman–Crippen LogP) is 6.47. The number of benzene rings is 4. The fraction of sp³-hybridized carbons (Fsp3) is 0.373. The molecule has 6 aromatic rings. The summed E-state index contributed by atoms with van der Waals surface area (Å²) in [5.41, 5.74) is 4.52. The number of allylic oxidation sites excluding steroid dienone is 1. The van der Waals surface area contributed by atoms with Gasteiger partial charge in [0.25, 0.3) is 11.8 Å². The lowest BCUT2D eigenvalue weighted by Gasteiger charge is -2.39. The van der Waals surface area contributed by atoms with Crippen molar-refractivity contribution in [2.75, 3.05) is 104 Å². The summed E-state index contributed by atoms with van der Waals surface area (Å²) >= 11 is 0. The van der Waals surface area contributed by atoms with E-state index in [0.29, 0.717) is 89.5 Å². The molecule has 412 valence electrons. The van der Waals surface area contributed by atoms with E-state index >= 15 is 0 Å². The van der Waals surface area contributed by atoms with Gasteiger partial charge in [-0.2, -0.15) is 0 Å². The van der Waals surface area contributed by atoms with Crippen molar-refractivity contribution in [1.82, 2.24) is 40.2 Å². The number of nitrogens with one attached hydrogen (secondary N) is 3. The molecule has 1 aliphatic carbocycles. The number of anilines is 5. The summed E-state index contributed by atoms with van der Waals surface area (Å²) in [6, 6.07) is 22.8. The molecule has 12 rings (SSSR count). The van der Waals surface area contributed by atoms with Crippen LogP contribution in [0.4, 0.5) is 33.1 Å². The highest BCUT2D eigenvalue weighted by atomic mass is 19.1. The van der Waals surface area contributed by atoms with Crippen LogP contribution in [-0.2, 0) is 20.9 Å². The molecule has 4 aromatic carbocycles. The molecular weight excluding hydrogens is 1020 g/mol. The zero-order valence-corrected chi connectivity index (χ0v) is 44.5. The number of pyridine rings is 1. The lowest BCUT2D eigenvalue weighted by molar-refractivity contribution is -0.131. The maximum absolute atomic E-state index is 13.5. The number of fused-ring (bicyclic) bond motifs is 2. The van der Waals surface area contributed by atoms with Crippen LogP contribution in [0.5, 0.6) is 17.2 Å². The standard InChI is InChI=1S/C59H62FN13O7/c1-37-3-14-49(53(74)63-37)73-54(75)45-13-10-43(31-46(45)55(73)76)70-27-23-68(24-28-70)35-38-16-21-72(22-17-38)58-62-34-42(66-67-58)36-69-25-29-71(30-26-69)50-33-48-47(32-52(50)79-2)51(15-20-61-48)80-44-11-8-41(9-12-44)65-57(78)59(18-19-59)56(77)64-40-6-4-39(60)5-7-40/h4-13,15,20,31-34,38,49H,1,3,14,16-19,21-30,35-36H2,2H3,(H,63,74)(H,64,77)(H,65,78). The van der Waals surface area contributed by atoms with E-state index in [1.54, 1.807) is 49.7 Å². The van der Waals surface area contributed by atoms with Crippen LogP contribution in [0, 0.1) is 17.2 Å². The van der Waals surface area contributed by atoms with Gasteiger partial charge in [-0.15, -0.1) is 10.2 Å². The van der Waals surface area contributed by atoms with Gasteiger partial charge in [-0.3, -0.25) is 43.7 Å². The molecule has 20 nitrogen and oxygen atoms in total. The molecule has 3 N–H and O–H groups in total. The summed E-state index contributed by atoms with van der Waals surface area (Å²) < 4.78 is 25.7. The Balaban J connectivity index is 0.581. The van der Waals surface area contributed by atoms with E-state index in [1.165, 1.54) is 24.3 Å². The Bertz CT molecular complexity index is 3370. The summed E-state index contributed by atoms with van der Waals surface area (Å²) in [5, 5.41) is 18.3. The molecule has 1 saturated carbocycles. The molecule has 0 radical (unpaired) electrons. The number of amides is 5. The van der Waals surface area contributed by atoms with Crippen molar-refractivity contribution < 1.29 is 37.8 Å². The van der Waals surface area contributed by atoms with Crippen LogP contribution in [0.1, 0.15) is 64.9 Å². The number of piperidine rings is 2. The Kier molecular flexibility index (Phi) is 14.3. The molecule has 21 heteroatoms. The first-order valence-corrected chi connectivity index (χ1v) is 27.4. The van der Waals surface area contributed by atoms with Gasteiger partial charge < -0.3 is 40.1 Å². The number of halogens is 1. The largest absolute Gasteiger partial charge is 0.495 e. The predicted molar refractivity (Wildman–Crippen MR) is 298 cm³/mol. The maximum atomic E-state index is 13.5. The molecule has 2 aromatic heterocycles. The quantitative estimate of drug-likeness (QED) is 0.0744. The average Bonchev–Trinajstić information content (AvgIpc) is 4.44. The molecule has 1 atom stereocenters. The number of piperazine rings is 2. The zero-order valence-electron chi connectivity index (χ0n) is 44.5. The molecule has 1 unspecified atom stereocenters. The van der Waals surface area contributed by atoms with Gasteiger partial charge in [0.1, 0.15) is 34.5 Å². The van der Waals surface area contributed by atoms with E-state index in [-0.39, 0.29) is 5.91 Å². The number of rotatable bonds is 15. The Morgan fingerprint density at radius 1 is 0.725 bits per heavy atom. The molecular formula is C59H62FN13O7. The highest BCUT2D eigenvalue weighted by molar-refractivity contribution is 6.23. The van der Waals surface area contributed by atoms with Crippen LogP contribution in [0.25, 0.3) is 10.9 Å². The second-order valence-corrected chi connectivity index (χ2v) is 21.6. The minimum atomic E-state index is -1.18. The van der Waals surface area contributed by atoms with E-state index in [1.807, 2.05) is 30.5 Å². The summed E-state index contributed by atoms with van der Waals surface area (Å²) in [4.78, 5) is 88.0. The van der Waals surface area contributed by atoms with Gasteiger partial charge in [0.15, 0.2) is 0 Å². The fourth-order valence-electron chi connectivity index (χ4n) is 11.6. The normalized spacial score (nSPS) is 19.7. The van der Waals surface area contributed by atoms with Gasteiger partial charge in [-0.1, -0.05) is 6.58 Å². The van der Waals surface area contributed by atoms with Gasteiger partial charge in [0.2, 0.25) is 23.7 Å². The number of carbonyl (C=O) groups excluding carboxylic acids is 5. The zero-order chi connectivity index (χ0) is 55.1. The molecule has 0 spiro atoms. The number of imide groups is 1. The molecule has 5 amide bonds. The van der Waals surface area contributed by atoms with E-state index in [9.17, 15) is 28.4 Å². The van der Waals surface area contributed by atoms with Crippen LogP contribution < -0.4 is 40.1 Å². The lowest BCUT2D eigenvalue weighted by Crippen LogP contribution is -2.51. The van der Waals surface area contributed by atoms with Crippen LogP contribution in [-0.4, -0.2) is 150 Å². The Morgan fingerprint density at radius 2 is 1.40 bits per heavy atom. The number of ether oxygens (including phenoxy) is 2. The minimum Gasteiger partial charge on any atom is -0.495 e. The minimum absolute atomic E-state index is 0.350. The lowest BCUT2D eigenvalue weighted by atomic mass is 9.96. The van der Waals surface area contributed by atoms with Crippen LogP contribution >= 0.6 is 0 Å². The van der Waals surface area contributed by atoms with Crippen molar-refractivity contribution in [2.24, 2.45) is 11.3 Å². The van der Waals surface area contributed by atoms with Crippen molar-refractivity contribution >= 4 is 69.1 Å². The molecule has 4 saturated heterocycles. The number of hydrogen-bond acceptors (Lipinski definition) is 16.